The predicted molar refractivity (Wildman–Crippen MR) is 116 cm³/mol. The first-order valence-corrected chi connectivity index (χ1v) is 10.2. The van der Waals surface area contributed by atoms with Gasteiger partial charge in [-0.2, -0.15) is 0 Å². The molecule has 0 bridgehead atoms. The monoisotopic (exact) mass is 373 g/mol. The first-order valence-electron chi connectivity index (χ1n) is 10.2. The number of anilines is 1. The van der Waals surface area contributed by atoms with E-state index >= 15 is 0 Å². The number of aromatic amines is 1. The number of hydrogen-bond acceptors (Lipinski definition) is 3. The van der Waals surface area contributed by atoms with Crippen molar-refractivity contribution in [2.24, 2.45) is 13.0 Å². The molecule has 1 fully saturated rings. The Kier molecular flexibility index (Phi) is 4.53. The van der Waals surface area contributed by atoms with Crippen LogP contribution in [0, 0.1) is 5.92 Å². The summed E-state index contributed by atoms with van der Waals surface area (Å²) in [6.45, 7) is 4.35. The molecule has 28 heavy (non-hydrogen) atoms. The van der Waals surface area contributed by atoms with Crippen molar-refractivity contribution in [2.45, 2.75) is 19.4 Å². The lowest BCUT2D eigenvalue weighted by atomic mass is 9.97. The summed E-state index contributed by atoms with van der Waals surface area (Å²) >= 11 is 0. The van der Waals surface area contributed by atoms with Gasteiger partial charge in [-0.1, -0.05) is 30.3 Å². The molecule has 144 valence electrons. The van der Waals surface area contributed by atoms with Gasteiger partial charge in [-0.3, -0.25) is 4.90 Å². The lowest BCUT2D eigenvalue weighted by Crippen LogP contribution is -2.35. The highest BCUT2D eigenvalue weighted by molar-refractivity contribution is 5.81. The number of hydrogen-bond donors (Lipinski definition) is 2. The molecule has 0 saturated carbocycles. The third kappa shape index (κ3) is 3.38. The highest BCUT2D eigenvalue weighted by Gasteiger charge is 2.20. The number of rotatable bonds is 5. The average molecular weight is 374 g/mol. The third-order valence-electron chi connectivity index (χ3n) is 6.09. The van der Waals surface area contributed by atoms with Gasteiger partial charge >= 0.3 is 0 Å². The van der Waals surface area contributed by atoms with Crippen LogP contribution in [0.25, 0.3) is 21.9 Å². The number of piperidine rings is 1. The summed E-state index contributed by atoms with van der Waals surface area (Å²) in [6, 6.07) is 19.2. The molecule has 4 aromatic rings. The second-order valence-electron chi connectivity index (χ2n) is 7.96. The van der Waals surface area contributed by atoms with Crippen molar-refractivity contribution in [3.63, 3.8) is 0 Å². The van der Waals surface area contributed by atoms with E-state index in [1.165, 1.54) is 29.4 Å². The largest absolute Gasteiger partial charge is 0.356 e. The minimum atomic E-state index is 0.706. The zero-order chi connectivity index (χ0) is 18.9. The molecule has 0 atom stereocenters. The Morgan fingerprint density at radius 1 is 1.07 bits per heavy atom. The van der Waals surface area contributed by atoms with Crippen molar-refractivity contribution in [3.8, 4) is 0 Å². The number of benzene rings is 2. The van der Waals surface area contributed by atoms with E-state index in [1.54, 1.807) is 0 Å². The van der Waals surface area contributed by atoms with Crippen molar-refractivity contribution in [2.75, 3.05) is 25.0 Å². The zero-order valence-corrected chi connectivity index (χ0v) is 16.4. The van der Waals surface area contributed by atoms with E-state index in [4.69, 9.17) is 0 Å². The van der Waals surface area contributed by atoms with E-state index in [9.17, 15) is 0 Å². The molecule has 0 radical (unpaired) electrons. The Morgan fingerprint density at radius 3 is 2.68 bits per heavy atom. The molecule has 0 unspecified atom stereocenters. The normalized spacial score (nSPS) is 16.2. The van der Waals surface area contributed by atoms with Gasteiger partial charge in [0, 0.05) is 31.3 Å². The van der Waals surface area contributed by atoms with Crippen LogP contribution in [0.2, 0.25) is 0 Å². The molecule has 5 heteroatoms. The average Bonchev–Trinajstić information content (AvgIpc) is 3.29. The molecule has 2 N–H and O–H groups in total. The van der Waals surface area contributed by atoms with Gasteiger partial charge in [-0.25, -0.2) is 4.98 Å². The molecule has 5 rings (SSSR count). The predicted octanol–water partition coefficient (Wildman–Crippen LogP) is 4.38. The summed E-state index contributed by atoms with van der Waals surface area (Å²) in [4.78, 5) is 10.6. The number of nitrogens with zero attached hydrogens (tertiary/aromatic N) is 3. The van der Waals surface area contributed by atoms with Gasteiger partial charge in [0.1, 0.15) is 0 Å². The zero-order valence-electron chi connectivity index (χ0n) is 16.4. The minimum Gasteiger partial charge on any atom is -0.356 e. The van der Waals surface area contributed by atoms with Gasteiger partial charge in [-0.05, 0) is 61.5 Å². The Labute approximate surface area is 165 Å². The number of likely N-dealkylation sites (tertiary alicyclic amines) is 1. The van der Waals surface area contributed by atoms with Gasteiger partial charge in [0.15, 0.2) is 0 Å². The van der Waals surface area contributed by atoms with E-state index in [0.717, 1.165) is 43.2 Å². The summed E-state index contributed by atoms with van der Waals surface area (Å²) in [7, 11) is 2.18. The van der Waals surface area contributed by atoms with Crippen LogP contribution < -0.4 is 5.32 Å². The van der Waals surface area contributed by atoms with Gasteiger partial charge in [0.25, 0.3) is 0 Å². The maximum atomic E-state index is 4.62. The fourth-order valence-corrected chi connectivity index (χ4v) is 4.35. The number of nitrogens with one attached hydrogen (secondary N) is 2. The standard InChI is InChI=1S/C23H27N5/c1-27-19(14-18-6-2-5-9-22(18)27)16-28-12-10-17(11-13-28)15-24-23-25-20-7-3-4-8-21(20)26-23/h2-9,14,17H,10-13,15-16H2,1H3,(H2,24,25,26). The molecule has 1 saturated heterocycles. The molecule has 0 amide bonds. The van der Waals surface area contributed by atoms with Crippen LogP contribution in [0.4, 0.5) is 5.95 Å². The highest BCUT2D eigenvalue weighted by Crippen LogP contribution is 2.23. The van der Waals surface area contributed by atoms with Gasteiger partial charge in [-0.15, -0.1) is 0 Å². The summed E-state index contributed by atoms with van der Waals surface area (Å²) < 4.78 is 2.34. The van der Waals surface area contributed by atoms with Crippen LogP contribution in [0.5, 0.6) is 0 Å². The van der Waals surface area contributed by atoms with E-state index < -0.39 is 0 Å². The van der Waals surface area contributed by atoms with Crippen LogP contribution in [0.1, 0.15) is 18.5 Å². The molecule has 2 aromatic heterocycles. The van der Waals surface area contributed by atoms with E-state index in [1.807, 2.05) is 18.2 Å². The number of aromatic nitrogens is 3. The summed E-state index contributed by atoms with van der Waals surface area (Å²) in [6.07, 6.45) is 2.47. The Bertz CT molecular complexity index is 1050. The van der Waals surface area contributed by atoms with Crippen LogP contribution in [0.15, 0.2) is 54.6 Å². The van der Waals surface area contributed by atoms with Crippen molar-refractivity contribution in [1.29, 1.82) is 0 Å². The van der Waals surface area contributed by atoms with Crippen LogP contribution in [-0.2, 0) is 13.6 Å². The number of aryl methyl sites for hydroxylation is 1. The summed E-state index contributed by atoms with van der Waals surface area (Å²) in [5.74, 6) is 1.59. The fourth-order valence-electron chi connectivity index (χ4n) is 4.35. The Morgan fingerprint density at radius 2 is 1.86 bits per heavy atom. The second-order valence-corrected chi connectivity index (χ2v) is 7.96. The van der Waals surface area contributed by atoms with Gasteiger partial charge in [0.2, 0.25) is 5.95 Å². The molecular formula is C23H27N5. The molecule has 1 aliphatic heterocycles. The molecular weight excluding hydrogens is 346 g/mol. The maximum Gasteiger partial charge on any atom is 0.201 e. The topological polar surface area (TPSA) is 48.9 Å². The van der Waals surface area contributed by atoms with Crippen LogP contribution in [-0.4, -0.2) is 39.1 Å². The van der Waals surface area contributed by atoms with Crippen LogP contribution >= 0.6 is 0 Å². The quantitative estimate of drug-likeness (QED) is 0.546. The van der Waals surface area contributed by atoms with Crippen molar-refractivity contribution >= 4 is 27.9 Å². The lowest BCUT2D eigenvalue weighted by molar-refractivity contribution is 0.179. The minimum absolute atomic E-state index is 0.706. The van der Waals surface area contributed by atoms with Gasteiger partial charge in [0.05, 0.1) is 11.0 Å². The van der Waals surface area contributed by atoms with Crippen molar-refractivity contribution in [1.82, 2.24) is 19.4 Å². The van der Waals surface area contributed by atoms with Crippen molar-refractivity contribution < 1.29 is 0 Å². The summed E-state index contributed by atoms with van der Waals surface area (Å²) in [5.41, 5.74) is 4.84. The first kappa shape index (κ1) is 17.3. The number of H-pyrrole nitrogens is 1. The molecule has 1 aliphatic rings. The van der Waals surface area contributed by atoms with E-state index in [2.05, 4.69) is 68.2 Å². The maximum absolute atomic E-state index is 4.62. The SMILES string of the molecule is Cn1c(CN2CCC(CNc3nc4ccccc4[nH]3)CC2)cc2ccccc21. The van der Waals surface area contributed by atoms with Crippen molar-refractivity contribution in [3.05, 3.63) is 60.3 Å². The molecule has 0 spiro atoms. The number of para-hydroxylation sites is 3. The lowest BCUT2D eigenvalue weighted by Gasteiger charge is -2.32. The third-order valence-corrected chi connectivity index (χ3v) is 6.09. The first-order chi connectivity index (χ1) is 13.8. The number of fused-ring (bicyclic) bond motifs is 2. The van der Waals surface area contributed by atoms with E-state index in [0.29, 0.717) is 5.92 Å². The second kappa shape index (κ2) is 7.32. The Hall–Kier alpha value is -2.79. The smallest absolute Gasteiger partial charge is 0.201 e. The summed E-state index contributed by atoms with van der Waals surface area (Å²) in [5, 5.41) is 4.84. The molecule has 5 nitrogen and oxygen atoms in total. The number of imidazole rings is 1. The van der Waals surface area contributed by atoms with Crippen LogP contribution in [0.3, 0.4) is 0 Å². The molecule has 2 aromatic carbocycles. The van der Waals surface area contributed by atoms with E-state index in [-0.39, 0.29) is 0 Å². The molecule has 0 aliphatic carbocycles. The highest BCUT2D eigenvalue weighted by atomic mass is 15.2. The fraction of sp³-hybridized carbons (Fsp3) is 0.348. The Balaban J connectivity index is 1.15. The molecule has 3 heterocycles. The van der Waals surface area contributed by atoms with Gasteiger partial charge < -0.3 is 14.9 Å².